The van der Waals surface area contributed by atoms with Crippen LogP contribution in [-0.2, 0) is 14.4 Å². The summed E-state index contributed by atoms with van der Waals surface area (Å²) >= 11 is 16.6. The van der Waals surface area contributed by atoms with Gasteiger partial charge in [-0.15, -0.1) is 0 Å². The Morgan fingerprint density at radius 3 is 1.60 bits per heavy atom. The van der Waals surface area contributed by atoms with E-state index >= 15 is 0 Å². The summed E-state index contributed by atoms with van der Waals surface area (Å²) in [4.78, 5) is 34.4. The number of anilines is 4. The van der Waals surface area contributed by atoms with Crippen LogP contribution in [0.25, 0.3) is 0 Å². The molecule has 1 atom stereocenters. The van der Waals surface area contributed by atoms with Gasteiger partial charge in [-0.2, -0.15) is 0 Å². The fourth-order valence-corrected chi connectivity index (χ4v) is 5.67. The molecule has 11 nitrogen and oxygen atoms in total. The van der Waals surface area contributed by atoms with Crippen LogP contribution in [0.5, 0.6) is 0 Å². The summed E-state index contributed by atoms with van der Waals surface area (Å²) < 4.78 is 33.9. The first-order valence-corrected chi connectivity index (χ1v) is 17.5. The highest BCUT2D eigenvalue weighted by Crippen LogP contribution is 2.30. The van der Waals surface area contributed by atoms with E-state index in [9.17, 15) is 23.5 Å². The van der Waals surface area contributed by atoms with Crippen molar-refractivity contribution in [3.63, 3.8) is 0 Å². The zero-order valence-corrected chi connectivity index (χ0v) is 32.1. The van der Waals surface area contributed by atoms with Crippen LogP contribution in [0.4, 0.5) is 31.5 Å². The number of amides is 2. The predicted molar refractivity (Wildman–Crippen MR) is 204 cm³/mol. The maximum Gasteiger partial charge on any atom is 0.276 e. The number of hydrogen-bond acceptors (Lipinski definition) is 9. The Hall–Kier alpha value is -2.88. The maximum atomic E-state index is 13.6. The number of aliphatic hydroxyl groups is 2. The van der Waals surface area contributed by atoms with Crippen molar-refractivity contribution in [2.24, 2.45) is 0 Å². The summed E-state index contributed by atoms with van der Waals surface area (Å²) in [6.07, 6.45) is -0.762. The van der Waals surface area contributed by atoms with E-state index in [1.54, 1.807) is 24.3 Å². The lowest BCUT2D eigenvalue weighted by Crippen LogP contribution is -2.26. The molecule has 17 heteroatoms. The summed E-state index contributed by atoms with van der Waals surface area (Å²) in [6, 6.07) is 18.1. The van der Waals surface area contributed by atoms with Crippen molar-refractivity contribution >= 4 is 103 Å². The minimum atomic E-state index is -0.919. The van der Waals surface area contributed by atoms with Crippen LogP contribution in [0.15, 0.2) is 72.8 Å². The second kappa shape index (κ2) is 21.5. The molecule has 50 heavy (non-hydrogen) atoms. The smallest absolute Gasteiger partial charge is 0.276 e. The summed E-state index contributed by atoms with van der Waals surface area (Å²) in [5.41, 5.74) is 6.49. The van der Waals surface area contributed by atoms with E-state index in [2.05, 4.69) is 66.8 Å². The Bertz CT molecular complexity index is 1760. The average Bonchev–Trinajstić information content (AvgIpc) is 3.07. The van der Waals surface area contributed by atoms with Crippen LogP contribution in [0.1, 0.15) is 27.1 Å². The number of aliphatic hydroxyl groups excluding tert-OH is 2. The van der Waals surface area contributed by atoms with Gasteiger partial charge in [0.15, 0.2) is 0 Å². The Kier molecular flexibility index (Phi) is 17.8. The summed E-state index contributed by atoms with van der Waals surface area (Å²) in [6.45, 7) is 0.169. The first-order chi connectivity index (χ1) is 23.9. The fourth-order valence-electron chi connectivity index (χ4n) is 3.86. The molecule has 6 N–H and O–H groups in total. The molecule has 0 aliphatic rings. The minimum absolute atomic E-state index is 0.0143. The van der Waals surface area contributed by atoms with Gasteiger partial charge in [0.1, 0.15) is 11.6 Å². The average molecular weight is 959 g/mol. The normalized spacial score (nSPS) is 11.2. The molecule has 1 unspecified atom stereocenters. The Labute approximate surface area is 324 Å². The Balaban J connectivity index is 0.000000271. The van der Waals surface area contributed by atoms with E-state index in [0.717, 1.165) is 13.2 Å². The van der Waals surface area contributed by atoms with E-state index in [1.807, 2.05) is 12.1 Å². The van der Waals surface area contributed by atoms with Gasteiger partial charge in [-0.1, -0.05) is 23.2 Å². The number of rotatable bonds is 15. The summed E-state index contributed by atoms with van der Waals surface area (Å²) in [5, 5.41) is 24.7. The third-order valence-electron chi connectivity index (χ3n) is 6.34. The molecular formula is C33H32Cl2F2I2N4O7. The van der Waals surface area contributed by atoms with Crippen molar-refractivity contribution < 1.29 is 43.0 Å². The second-order valence-electron chi connectivity index (χ2n) is 10.1. The molecule has 0 heterocycles. The van der Waals surface area contributed by atoms with Gasteiger partial charge in [-0.3, -0.25) is 19.3 Å². The molecule has 0 saturated carbocycles. The van der Waals surface area contributed by atoms with E-state index in [4.69, 9.17) is 42.7 Å². The minimum Gasteiger partial charge on any atom is -0.394 e. The number of carbonyl (C=O) groups excluding carboxylic acids is 2. The zero-order valence-electron chi connectivity index (χ0n) is 26.2. The van der Waals surface area contributed by atoms with Crippen molar-refractivity contribution in [1.29, 1.82) is 0 Å². The molecule has 0 bridgehead atoms. The molecule has 0 fully saturated rings. The van der Waals surface area contributed by atoms with Crippen LogP contribution in [0, 0.1) is 18.8 Å². The lowest BCUT2D eigenvalue weighted by atomic mass is 10.1. The van der Waals surface area contributed by atoms with Gasteiger partial charge in [0.2, 0.25) is 0 Å². The summed E-state index contributed by atoms with van der Waals surface area (Å²) in [7, 11) is 1.53. The van der Waals surface area contributed by atoms with Crippen molar-refractivity contribution in [2.45, 2.75) is 12.5 Å². The number of methoxy groups -OCH3 is 1. The van der Waals surface area contributed by atoms with Crippen molar-refractivity contribution in [1.82, 2.24) is 11.0 Å². The number of halogens is 6. The first kappa shape index (κ1) is 41.5. The molecule has 2 amide bonds. The SMILES string of the molecule is COCCONC(=O)c1ccc(F)cc1Nc1ccc(I)cc1Cl.O=C(NOCCC(O)CO)c1ccc(F)cc1Nc1ccc(I)cc1Cl. The van der Waals surface area contributed by atoms with Crippen LogP contribution in [0.3, 0.4) is 0 Å². The number of hydrogen-bond donors (Lipinski definition) is 6. The van der Waals surface area contributed by atoms with Gasteiger partial charge < -0.3 is 25.6 Å². The van der Waals surface area contributed by atoms with Crippen LogP contribution in [0.2, 0.25) is 10.0 Å². The van der Waals surface area contributed by atoms with E-state index < -0.39 is 29.6 Å². The van der Waals surface area contributed by atoms with Gasteiger partial charge >= 0.3 is 0 Å². The molecular weight excluding hydrogens is 927 g/mol. The van der Waals surface area contributed by atoms with Gasteiger partial charge in [-0.25, -0.2) is 19.7 Å². The van der Waals surface area contributed by atoms with Gasteiger partial charge in [0, 0.05) is 20.7 Å². The Morgan fingerprint density at radius 2 is 1.18 bits per heavy atom. The zero-order chi connectivity index (χ0) is 36.6. The van der Waals surface area contributed by atoms with E-state index in [-0.39, 0.29) is 48.7 Å². The molecule has 0 saturated heterocycles. The standard InChI is InChI=1S/C17H17ClFIN2O4.C16H15ClFIN2O3/c18-14-8-11(20)2-4-15(14)21-16-7-10(19)1-3-13(16)17(25)22-26-6-5-12(24)9-23;1-23-6-7-24-21-16(22)12-4-2-10(18)8-15(12)20-14-5-3-11(19)9-13(14)17/h1-4,7-8,12,21,23-24H,5-6,9H2,(H,22,25);2-5,8-9,20H,6-7H2,1H3,(H,21,22). The fraction of sp³-hybridized carbons (Fsp3) is 0.212. The lowest BCUT2D eigenvalue weighted by Gasteiger charge is -2.14. The van der Waals surface area contributed by atoms with Crippen molar-refractivity contribution in [2.75, 3.05) is 44.2 Å². The van der Waals surface area contributed by atoms with Gasteiger partial charge in [0.25, 0.3) is 11.8 Å². The third-order valence-corrected chi connectivity index (χ3v) is 8.30. The van der Waals surface area contributed by atoms with Gasteiger partial charge in [-0.05, 0) is 118 Å². The molecule has 0 aliphatic heterocycles. The van der Waals surface area contributed by atoms with Crippen LogP contribution < -0.4 is 21.6 Å². The molecule has 0 radical (unpaired) electrons. The highest BCUT2D eigenvalue weighted by Gasteiger charge is 2.16. The maximum absolute atomic E-state index is 13.6. The number of ether oxygens (including phenoxy) is 1. The molecule has 4 rings (SSSR count). The highest BCUT2D eigenvalue weighted by molar-refractivity contribution is 14.1. The quantitative estimate of drug-likeness (QED) is 0.0408. The predicted octanol–water partition coefficient (Wildman–Crippen LogP) is 7.37. The van der Waals surface area contributed by atoms with Gasteiger partial charge in [0.05, 0.1) is 76.5 Å². The molecule has 0 aromatic heterocycles. The lowest BCUT2D eigenvalue weighted by molar-refractivity contribution is 0.00706. The molecule has 0 spiro atoms. The number of hydroxylamine groups is 2. The number of benzene rings is 4. The highest BCUT2D eigenvalue weighted by atomic mass is 127. The van der Waals surface area contributed by atoms with E-state index in [0.29, 0.717) is 28.0 Å². The monoisotopic (exact) mass is 958 g/mol. The molecule has 0 aliphatic carbocycles. The second-order valence-corrected chi connectivity index (χ2v) is 13.4. The number of carbonyl (C=O) groups is 2. The first-order valence-electron chi connectivity index (χ1n) is 14.6. The van der Waals surface area contributed by atoms with Crippen LogP contribution >= 0.6 is 68.4 Å². The molecule has 4 aromatic carbocycles. The van der Waals surface area contributed by atoms with Crippen molar-refractivity contribution in [3.8, 4) is 0 Å². The van der Waals surface area contributed by atoms with Crippen molar-refractivity contribution in [3.05, 3.63) is 113 Å². The topological polar surface area (TPSA) is 150 Å². The molecule has 268 valence electrons. The Morgan fingerprint density at radius 1 is 0.720 bits per heavy atom. The summed E-state index contributed by atoms with van der Waals surface area (Å²) in [5.74, 6) is -2.09. The van der Waals surface area contributed by atoms with E-state index in [1.165, 1.54) is 37.4 Å². The van der Waals surface area contributed by atoms with Crippen LogP contribution in [-0.4, -0.2) is 61.7 Å². The third kappa shape index (κ3) is 13.7. The molecule has 4 aromatic rings. The largest absolute Gasteiger partial charge is 0.394 e. The number of nitrogens with one attached hydrogen (secondary N) is 4.